The van der Waals surface area contributed by atoms with Crippen molar-refractivity contribution in [2.45, 2.75) is 40.0 Å². The molecule has 1 N–H and O–H groups in total. The molecule has 0 fully saturated rings. The highest BCUT2D eigenvalue weighted by atomic mass is 16.1. The van der Waals surface area contributed by atoms with Gasteiger partial charge in [0.2, 0.25) is 5.91 Å². The minimum atomic E-state index is 0.0742. The number of benzene rings is 1. The Morgan fingerprint density at radius 1 is 1.09 bits per heavy atom. The minimum absolute atomic E-state index is 0.0742. The van der Waals surface area contributed by atoms with Crippen LogP contribution in [0.4, 0.5) is 0 Å². The van der Waals surface area contributed by atoms with Crippen molar-refractivity contribution < 1.29 is 4.79 Å². The molecule has 1 aromatic heterocycles. The van der Waals surface area contributed by atoms with Gasteiger partial charge in [-0.15, -0.1) is 0 Å². The van der Waals surface area contributed by atoms with Crippen molar-refractivity contribution >= 4 is 5.91 Å². The van der Waals surface area contributed by atoms with Gasteiger partial charge in [0.1, 0.15) is 0 Å². The quantitative estimate of drug-likeness (QED) is 0.897. The third kappa shape index (κ3) is 6.53. The van der Waals surface area contributed by atoms with Gasteiger partial charge in [-0.25, -0.2) is 0 Å². The maximum atomic E-state index is 11.7. The first kappa shape index (κ1) is 17.9. The van der Waals surface area contributed by atoms with Crippen LogP contribution in [0.15, 0.2) is 48.8 Å². The number of amides is 1. The molecule has 0 saturated carbocycles. The summed E-state index contributed by atoms with van der Waals surface area (Å²) >= 11 is 0. The molecule has 3 nitrogen and oxygen atoms in total. The Morgan fingerprint density at radius 2 is 1.82 bits per heavy atom. The van der Waals surface area contributed by atoms with E-state index in [1.165, 1.54) is 6.42 Å². The lowest BCUT2D eigenvalue weighted by Crippen LogP contribution is -2.25. The van der Waals surface area contributed by atoms with E-state index in [0.29, 0.717) is 6.42 Å². The van der Waals surface area contributed by atoms with Crippen molar-refractivity contribution in [1.82, 2.24) is 10.3 Å². The van der Waals surface area contributed by atoms with Crippen LogP contribution in [0.5, 0.6) is 0 Å². The van der Waals surface area contributed by atoms with Crippen LogP contribution in [0.25, 0.3) is 11.1 Å². The van der Waals surface area contributed by atoms with Crippen molar-refractivity contribution in [2.24, 2.45) is 0 Å². The topological polar surface area (TPSA) is 42.0 Å². The van der Waals surface area contributed by atoms with E-state index in [4.69, 9.17) is 0 Å². The Bertz CT molecular complexity index is 552. The van der Waals surface area contributed by atoms with Gasteiger partial charge in [0.05, 0.1) is 6.42 Å². The zero-order chi connectivity index (χ0) is 16.2. The van der Waals surface area contributed by atoms with E-state index in [1.807, 2.05) is 49.5 Å². The highest BCUT2D eigenvalue weighted by Crippen LogP contribution is 2.19. The lowest BCUT2D eigenvalue weighted by Gasteiger charge is -2.06. The van der Waals surface area contributed by atoms with Gasteiger partial charge in [0.25, 0.3) is 0 Å². The van der Waals surface area contributed by atoms with Crippen LogP contribution in [-0.2, 0) is 11.2 Å². The summed E-state index contributed by atoms with van der Waals surface area (Å²) in [6.07, 6.45) is 6.22. The van der Waals surface area contributed by atoms with Crippen LogP contribution in [0.2, 0.25) is 0 Å². The van der Waals surface area contributed by atoms with Gasteiger partial charge in [-0.05, 0) is 29.2 Å². The molecule has 0 saturated heterocycles. The van der Waals surface area contributed by atoms with Crippen LogP contribution in [0.1, 0.15) is 39.2 Å². The molecule has 0 aliphatic rings. The summed E-state index contributed by atoms with van der Waals surface area (Å²) in [6.45, 7) is 7.03. The maximum Gasteiger partial charge on any atom is 0.224 e. The summed E-state index contributed by atoms with van der Waals surface area (Å²) in [7, 11) is 0. The molecule has 0 aliphatic carbocycles. The molecular formula is C19H26N2O. The van der Waals surface area contributed by atoms with Crippen LogP contribution in [0, 0.1) is 0 Å². The standard InChI is InChI=1S/C16H18N2O.C3H8/c1-2-8-18-16(19)11-13-5-3-6-14(10-13)15-7-4-9-17-12-15;1-3-2/h3-7,9-10,12H,2,8,11H2,1H3,(H,18,19);3H2,1-2H3. The average molecular weight is 298 g/mol. The van der Waals surface area contributed by atoms with Crippen molar-refractivity contribution in [2.75, 3.05) is 6.54 Å². The van der Waals surface area contributed by atoms with E-state index in [2.05, 4.69) is 24.1 Å². The molecule has 1 amide bonds. The number of hydrogen-bond acceptors (Lipinski definition) is 2. The van der Waals surface area contributed by atoms with Gasteiger partial charge in [-0.2, -0.15) is 0 Å². The third-order valence-electron chi connectivity index (χ3n) is 2.86. The molecule has 22 heavy (non-hydrogen) atoms. The predicted molar refractivity (Wildman–Crippen MR) is 92.6 cm³/mol. The van der Waals surface area contributed by atoms with Gasteiger partial charge >= 0.3 is 0 Å². The van der Waals surface area contributed by atoms with Gasteiger partial charge in [-0.3, -0.25) is 9.78 Å². The molecule has 2 rings (SSSR count). The fourth-order valence-corrected chi connectivity index (χ4v) is 1.91. The molecule has 0 radical (unpaired) electrons. The Hall–Kier alpha value is -2.16. The fourth-order valence-electron chi connectivity index (χ4n) is 1.91. The first-order chi connectivity index (χ1) is 10.7. The van der Waals surface area contributed by atoms with Gasteiger partial charge in [-0.1, -0.05) is 57.5 Å². The molecule has 1 heterocycles. The van der Waals surface area contributed by atoms with Crippen LogP contribution in [-0.4, -0.2) is 17.4 Å². The Morgan fingerprint density at radius 3 is 2.45 bits per heavy atom. The number of rotatable bonds is 5. The smallest absolute Gasteiger partial charge is 0.224 e. The lowest BCUT2D eigenvalue weighted by atomic mass is 10.0. The number of nitrogens with zero attached hydrogens (tertiary/aromatic N) is 1. The summed E-state index contributed by atoms with van der Waals surface area (Å²) in [4.78, 5) is 15.8. The number of hydrogen-bond donors (Lipinski definition) is 1. The van der Waals surface area contributed by atoms with Crippen LogP contribution < -0.4 is 5.32 Å². The zero-order valence-electron chi connectivity index (χ0n) is 13.8. The molecular weight excluding hydrogens is 272 g/mol. The third-order valence-corrected chi connectivity index (χ3v) is 2.86. The van der Waals surface area contributed by atoms with Gasteiger partial charge in [0, 0.05) is 18.9 Å². The predicted octanol–water partition coefficient (Wildman–Crippen LogP) is 4.23. The molecule has 0 unspecified atom stereocenters. The van der Waals surface area contributed by atoms with Crippen molar-refractivity contribution in [3.63, 3.8) is 0 Å². The monoisotopic (exact) mass is 298 g/mol. The van der Waals surface area contributed by atoms with Crippen LogP contribution >= 0.6 is 0 Å². The Labute approximate surface area is 133 Å². The lowest BCUT2D eigenvalue weighted by molar-refractivity contribution is -0.120. The number of carbonyl (C=O) groups is 1. The molecule has 0 bridgehead atoms. The molecule has 0 spiro atoms. The van der Waals surface area contributed by atoms with E-state index in [-0.39, 0.29) is 5.91 Å². The highest BCUT2D eigenvalue weighted by Gasteiger charge is 2.04. The first-order valence-electron chi connectivity index (χ1n) is 7.97. The molecule has 3 heteroatoms. The maximum absolute atomic E-state index is 11.7. The van der Waals surface area contributed by atoms with Crippen molar-refractivity contribution in [3.8, 4) is 11.1 Å². The second-order valence-electron chi connectivity index (χ2n) is 5.18. The summed E-state index contributed by atoms with van der Waals surface area (Å²) < 4.78 is 0. The Balaban J connectivity index is 0.000000745. The number of aromatic nitrogens is 1. The van der Waals surface area contributed by atoms with E-state index in [9.17, 15) is 4.79 Å². The summed E-state index contributed by atoms with van der Waals surface area (Å²) in [6, 6.07) is 12.0. The van der Waals surface area contributed by atoms with Gasteiger partial charge < -0.3 is 5.32 Å². The second-order valence-corrected chi connectivity index (χ2v) is 5.18. The summed E-state index contributed by atoms with van der Waals surface area (Å²) in [5, 5.41) is 2.89. The molecule has 1 aromatic carbocycles. The SMILES string of the molecule is CCC.CCCNC(=O)Cc1cccc(-c2cccnc2)c1. The average Bonchev–Trinajstić information content (AvgIpc) is 2.55. The molecule has 118 valence electrons. The molecule has 0 aliphatic heterocycles. The van der Waals surface area contributed by atoms with E-state index in [0.717, 1.165) is 29.7 Å². The summed E-state index contributed by atoms with van der Waals surface area (Å²) in [5.41, 5.74) is 3.18. The summed E-state index contributed by atoms with van der Waals surface area (Å²) in [5.74, 6) is 0.0742. The van der Waals surface area contributed by atoms with E-state index in [1.54, 1.807) is 6.20 Å². The number of carbonyl (C=O) groups excluding carboxylic acids is 1. The first-order valence-corrected chi connectivity index (χ1v) is 7.97. The van der Waals surface area contributed by atoms with Crippen LogP contribution in [0.3, 0.4) is 0 Å². The Kier molecular flexibility index (Phi) is 8.58. The molecule has 0 atom stereocenters. The van der Waals surface area contributed by atoms with E-state index >= 15 is 0 Å². The fraction of sp³-hybridized carbons (Fsp3) is 0.368. The highest BCUT2D eigenvalue weighted by molar-refractivity contribution is 5.79. The number of pyridine rings is 1. The largest absolute Gasteiger partial charge is 0.356 e. The second kappa shape index (κ2) is 10.6. The van der Waals surface area contributed by atoms with Crippen molar-refractivity contribution in [3.05, 3.63) is 54.4 Å². The zero-order valence-corrected chi connectivity index (χ0v) is 13.8. The van der Waals surface area contributed by atoms with E-state index < -0.39 is 0 Å². The van der Waals surface area contributed by atoms with Crippen molar-refractivity contribution in [1.29, 1.82) is 0 Å². The van der Waals surface area contributed by atoms with Gasteiger partial charge in [0.15, 0.2) is 0 Å². The normalized spacial score (nSPS) is 9.59. The number of nitrogens with one attached hydrogen (secondary N) is 1. The molecule has 2 aromatic rings. The minimum Gasteiger partial charge on any atom is -0.356 e.